The van der Waals surface area contributed by atoms with E-state index in [9.17, 15) is 4.79 Å². The second kappa shape index (κ2) is 3.45. The van der Waals surface area contributed by atoms with Gasteiger partial charge in [0, 0.05) is 18.2 Å². The molecule has 1 heterocycles. The lowest BCUT2D eigenvalue weighted by Gasteiger charge is -2.07. The van der Waals surface area contributed by atoms with Crippen LogP contribution in [0.15, 0.2) is 40.8 Å². The van der Waals surface area contributed by atoms with E-state index in [-0.39, 0.29) is 5.78 Å². The highest BCUT2D eigenvalue weighted by Gasteiger charge is 2.24. The lowest BCUT2D eigenvalue weighted by atomic mass is 9.94. The molecular formula is C16H12O2. The highest BCUT2D eigenvalue weighted by atomic mass is 16.3. The fourth-order valence-corrected chi connectivity index (χ4v) is 2.85. The van der Waals surface area contributed by atoms with Gasteiger partial charge in [0.05, 0.1) is 5.56 Å². The fraction of sp³-hybridized carbons (Fsp3) is 0.188. The molecule has 2 nitrogen and oxygen atoms in total. The molecule has 2 aromatic carbocycles. The van der Waals surface area contributed by atoms with Gasteiger partial charge in [0.15, 0.2) is 5.78 Å². The number of fused-ring (bicyclic) bond motifs is 4. The minimum absolute atomic E-state index is 0.227. The summed E-state index contributed by atoms with van der Waals surface area (Å²) in [5.41, 5.74) is 1.66. The first kappa shape index (κ1) is 9.89. The molecule has 3 aromatic rings. The molecule has 0 fully saturated rings. The predicted molar refractivity (Wildman–Crippen MR) is 71.0 cm³/mol. The molecule has 0 saturated heterocycles. The minimum atomic E-state index is 0.227. The standard InChI is InChI=1S/C16H12O2/c17-13-6-3-7-14-16(13)12-8-10-4-1-2-5-11(10)9-15(12)18-14/h1-2,4-5,8-9H,3,6-7H2. The van der Waals surface area contributed by atoms with Gasteiger partial charge in [0.25, 0.3) is 0 Å². The van der Waals surface area contributed by atoms with Gasteiger partial charge in [-0.2, -0.15) is 0 Å². The van der Waals surface area contributed by atoms with Crippen molar-refractivity contribution in [2.24, 2.45) is 0 Å². The highest BCUT2D eigenvalue weighted by molar-refractivity contribution is 6.11. The van der Waals surface area contributed by atoms with Crippen LogP contribution in [0.25, 0.3) is 21.7 Å². The van der Waals surface area contributed by atoms with Gasteiger partial charge in [-0.3, -0.25) is 4.79 Å². The molecule has 0 aliphatic heterocycles. The third kappa shape index (κ3) is 1.26. The Labute approximate surface area is 104 Å². The smallest absolute Gasteiger partial charge is 0.167 e. The van der Waals surface area contributed by atoms with Gasteiger partial charge in [-0.25, -0.2) is 0 Å². The zero-order valence-corrected chi connectivity index (χ0v) is 9.90. The van der Waals surface area contributed by atoms with Gasteiger partial charge >= 0.3 is 0 Å². The van der Waals surface area contributed by atoms with Crippen molar-refractivity contribution >= 4 is 27.5 Å². The van der Waals surface area contributed by atoms with Crippen molar-refractivity contribution in [1.29, 1.82) is 0 Å². The second-order valence-corrected chi connectivity index (χ2v) is 4.87. The summed E-state index contributed by atoms with van der Waals surface area (Å²) in [6.45, 7) is 0. The first-order valence-electron chi connectivity index (χ1n) is 6.30. The van der Waals surface area contributed by atoms with Crippen LogP contribution < -0.4 is 0 Å². The maximum Gasteiger partial charge on any atom is 0.167 e. The summed E-state index contributed by atoms with van der Waals surface area (Å²) in [5, 5.41) is 3.30. The summed E-state index contributed by atoms with van der Waals surface area (Å²) in [6.07, 6.45) is 2.44. The lowest BCUT2D eigenvalue weighted by molar-refractivity contribution is 0.0971. The number of furan rings is 1. The fourth-order valence-electron chi connectivity index (χ4n) is 2.85. The van der Waals surface area contributed by atoms with Crippen LogP contribution in [0.1, 0.15) is 29.0 Å². The molecule has 0 radical (unpaired) electrons. The van der Waals surface area contributed by atoms with Crippen LogP contribution in [0, 0.1) is 0 Å². The van der Waals surface area contributed by atoms with E-state index in [0.717, 1.165) is 45.9 Å². The van der Waals surface area contributed by atoms with Gasteiger partial charge in [0.2, 0.25) is 0 Å². The zero-order chi connectivity index (χ0) is 12.1. The van der Waals surface area contributed by atoms with Crippen LogP contribution in [0.4, 0.5) is 0 Å². The third-order valence-electron chi connectivity index (χ3n) is 3.72. The molecule has 1 aliphatic rings. The number of rotatable bonds is 0. The summed E-state index contributed by atoms with van der Waals surface area (Å²) in [6, 6.07) is 12.3. The Bertz CT molecular complexity index is 780. The Hall–Kier alpha value is -2.09. The van der Waals surface area contributed by atoms with Gasteiger partial charge < -0.3 is 4.42 Å². The number of aryl methyl sites for hydroxylation is 1. The van der Waals surface area contributed by atoms with E-state index in [2.05, 4.69) is 18.2 Å². The van der Waals surface area contributed by atoms with Crippen molar-refractivity contribution in [3.05, 3.63) is 47.7 Å². The summed E-state index contributed by atoms with van der Waals surface area (Å²) in [4.78, 5) is 12.0. The monoisotopic (exact) mass is 236 g/mol. The maximum atomic E-state index is 12.0. The molecule has 0 N–H and O–H groups in total. The number of carbonyl (C=O) groups is 1. The number of hydrogen-bond donors (Lipinski definition) is 0. The largest absolute Gasteiger partial charge is 0.460 e. The van der Waals surface area contributed by atoms with Gasteiger partial charge in [-0.1, -0.05) is 24.3 Å². The second-order valence-electron chi connectivity index (χ2n) is 4.87. The van der Waals surface area contributed by atoms with E-state index >= 15 is 0 Å². The average molecular weight is 236 g/mol. The maximum absolute atomic E-state index is 12.0. The van der Waals surface area contributed by atoms with Crippen LogP contribution in [0.5, 0.6) is 0 Å². The Morgan fingerprint density at radius 1 is 1.00 bits per heavy atom. The Balaban J connectivity index is 2.14. The number of carbonyl (C=O) groups excluding carboxylic acids is 1. The summed E-state index contributed by atoms with van der Waals surface area (Å²) >= 11 is 0. The molecule has 0 saturated carbocycles. The van der Waals surface area contributed by atoms with Gasteiger partial charge in [-0.05, 0) is 29.3 Å². The lowest BCUT2D eigenvalue weighted by Crippen LogP contribution is -2.08. The Morgan fingerprint density at radius 3 is 2.61 bits per heavy atom. The molecule has 0 amide bonds. The Kier molecular flexibility index (Phi) is 1.90. The number of ketones is 1. The van der Waals surface area contributed by atoms with Crippen molar-refractivity contribution in [3.63, 3.8) is 0 Å². The number of benzene rings is 2. The normalized spacial score (nSPS) is 15.2. The van der Waals surface area contributed by atoms with E-state index in [4.69, 9.17) is 4.42 Å². The van der Waals surface area contributed by atoms with Crippen molar-refractivity contribution in [3.8, 4) is 0 Å². The summed E-state index contributed by atoms with van der Waals surface area (Å²) in [5.74, 6) is 1.10. The molecule has 18 heavy (non-hydrogen) atoms. The van der Waals surface area contributed by atoms with Crippen molar-refractivity contribution in [1.82, 2.24) is 0 Å². The Morgan fingerprint density at radius 2 is 1.78 bits per heavy atom. The van der Waals surface area contributed by atoms with Crippen molar-refractivity contribution in [2.45, 2.75) is 19.3 Å². The van der Waals surface area contributed by atoms with E-state index < -0.39 is 0 Å². The molecule has 0 atom stereocenters. The van der Waals surface area contributed by atoms with Crippen molar-refractivity contribution < 1.29 is 9.21 Å². The van der Waals surface area contributed by atoms with Crippen LogP contribution in [-0.2, 0) is 6.42 Å². The van der Waals surface area contributed by atoms with Crippen molar-refractivity contribution in [2.75, 3.05) is 0 Å². The van der Waals surface area contributed by atoms with E-state index in [1.807, 2.05) is 18.2 Å². The minimum Gasteiger partial charge on any atom is -0.460 e. The molecule has 2 heteroatoms. The third-order valence-corrected chi connectivity index (χ3v) is 3.72. The molecule has 1 aliphatic carbocycles. The number of hydrogen-bond acceptors (Lipinski definition) is 2. The molecule has 4 rings (SSSR count). The molecule has 88 valence electrons. The van der Waals surface area contributed by atoms with E-state index in [1.165, 1.54) is 0 Å². The predicted octanol–water partition coefficient (Wildman–Crippen LogP) is 4.11. The van der Waals surface area contributed by atoms with Gasteiger partial charge in [-0.15, -0.1) is 0 Å². The van der Waals surface area contributed by atoms with Crippen LogP contribution in [-0.4, -0.2) is 5.78 Å². The topological polar surface area (TPSA) is 30.2 Å². The van der Waals surface area contributed by atoms with E-state index in [1.54, 1.807) is 0 Å². The van der Waals surface area contributed by atoms with Gasteiger partial charge in [0.1, 0.15) is 11.3 Å². The van der Waals surface area contributed by atoms with E-state index in [0.29, 0.717) is 6.42 Å². The molecule has 0 bridgehead atoms. The molecule has 0 unspecified atom stereocenters. The molecule has 1 aromatic heterocycles. The summed E-state index contributed by atoms with van der Waals surface area (Å²) < 4.78 is 5.85. The first-order valence-corrected chi connectivity index (χ1v) is 6.30. The average Bonchev–Trinajstić information content (AvgIpc) is 2.74. The quantitative estimate of drug-likeness (QED) is 0.588. The van der Waals surface area contributed by atoms with Crippen LogP contribution >= 0.6 is 0 Å². The summed E-state index contributed by atoms with van der Waals surface area (Å²) in [7, 11) is 0. The molecular weight excluding hydrogens is 224 g/mol. The SMILES string of the molecule is O=C1CCCc2oc3cc4ccccc4cc3c21. The zero-order valence-electron chi connectivity index (χ0n) is 9.90. The van der Waals surface area contributed by atoms with Crippen LogP contribution in [0.2, 0.25) is 0 Å². The highest BCUT2D eigenvalue weighted by Crippen LogP contribution is 2.34. The first-order chi connectivity index (χ1) is 8.83. The van der Waals surface area contributed by atoms with Crippen LogP contribution in [0.3, 0.4) is 0 Å². The number of Topliss-reactive ketones (excluding diaryl/α,β-unsaturated/α-hetero) is 1. The molecule has 0 spiro atoms.